The summed E-state index contributed by atoms with van der Waals surface area (Å²) in [7, 11) is 1.64. The van der Waals surface area contributed by atoms with Gasteiger partial charge in [-0.2, -0.15) is 0 Å². The summed E-state index contributed by atoms with van der Waals surface area (Å²) in [6.45, 7) is 0. The van der Waals surface area contributed by atoms with Crippen molar-refractivity contribution in [1.82, 2.24) is 0 Å². The minimum Gasteiger partial charge on any atom is -0.387 e. The van der Waals surface area contributed by atoms with Crippen LogP contribution in [0.1, 0.15) is 0 Å². The van der Waals surface area contributed by atoms with E-state index in [2.05, 4.69) is 22.6 Å². The van der Waals surface area contributed by atoms with E-state index in [9.17, 15) is 4.39 Å². The largest absolute Gasteiger partial charge is 0.387 e. The molecular formula is C5H9BFIO2. The van der Waals surface area contributed by atoms with E-state index in [1.54, 1.807) is 7.85 Å². The van der Waals surface area contributed by atoms with Crippen LogP contribution in [0.4, 0.5) is 4.39 Å². The monoisotopic (exact) mass is 258 g/mol. The molecule has 1 fully saturated rings. The Kier molecular flexibility index (Phi) is 2.94. The summed E-state index contributed by atoms with van der Waals surface area (Å²) in [6.07, 6.45) is -2.45. The second-order valence-electron chi connectivity index (χ2n) is 2.47. The van der Waals surface area contributed by atoms with Crippen molar-refractivity contribution >= 4 is 30.4 Å². The summed E-state index contributed by atoms with van der Waals surface area (Å²) in [5.41, 5.74) is 0. The van der Waals surface area contributed by atoms with Gasteiger partial charge in [-0.1, -0.05) is 22.6 Å². The first kappa shape index (κ1) is 8.74. The van der Waals surface area contributed by atoms with Crippen molar-refractivity contribution in [2.24, 2.45) is 0 Å². The van der Waals surface area contributed by atoms with Crippen molar-refractivity contribution in [3.63, 3.8) is 0 Å². The van der Waals surface area contributed by atoms with Crippen LogP contribution < -0.4 is 0 Å². The number of halogens is 2. The lowest BCUT2D eigenvalue weighted by atomic mass is 9.94. The van der Waals surface area contributed by atoms with Crippen LogP contribution in [0.15, 0.2) is 0 Å². The molecule has 0 radical (unpaired) electrons. The van der Waals surface area contributed by atoms with Gasteiger partial charge in [-0.15, -0.1) is 0 Å². The van der Waals surface area contributed by atoms with Crippen LogP contribution in [0.5, 0.6) is 0 Å². The van der Waals surface area contributed by atoms with Gasteiger partial charge >= 0.3 is 0 Å². The van der Waals surface area contributed by atoms with E-state index >= 15 is 0 Å². The van der Waals surface area contributed by atoms with E-state index < -0.39 is 18.3 Å². The van der Waals surface area contributed by atoms with Crippen molar-refractivity contribution in [1.29, 1.82) is 0 Å². The fraction of sp³-hybridized carbons (Fsp3) is 1.00. The summed E-state index contributed by atoms with van der Waals surface area (Å²) >= 11 is 2.07. The molecule has 10 heavy (non-hydrogen) atoms. The molecule has 0 aromatic rings. The van der Waals surface area contributed by atoms with E-state index in [1.807, 2.05) is 0 Å². The summed E-state index contributed by atoms with van der Waals surface area (Å²) < 4.78 is 18.5. The highest BCUT2D eigenvalue weighted by Gasteiger charge is 2.40. The molecule has 0 aliphatic carbocycles. The van der Waals surface area contributed by atoms with Gasteiger partial charge in [-0.05, 0) is 0 Å². The smallest absolute Gasteiger partial charge is 0.147 e. The zero-order chi connectivity index (χ0) is 7.72. The average molecular weight is 258 g/mol. The highest BCUT2D eigenvalue weighted by Crippen LogP contribution is 2.23. The number of ether oxygens (including phenoxy) is 1. The molecule has 0 amide bonds. The highest BCUT2D eigenvalue weighted by atomic mass is 127. The van der Waals surface area contributed by atoms with Crippen LogP contribution in [0.3, 0.4) is 0 Å². The Balaban J connectivity index is 2.53. The van der Waals surface area contributed by atoms with Crippen molar-refractivity contribution in [2.75, 3.05) is 4.43 Å². The van der Waals surface area contributed by atoms with Gasteiger partial charge in [0.15, 0.2) is 0 Å². The lowest BCUT2D eigenvalue weighted by Gasteiger charge is -2.09. The van der Waals surface area contributed by atoms with Gasteiger partial charge < -0.3 is 9.84 Å². The van der Waals surface area contributed by atoms with Gasteiger partial charge in [0.25, 0.3) is 0 Å². The summed E-state index contributed by atoms with van der Waals surface area (Å²) in [4.78, 5) is 0. The molecule has 0 aromatic heterocycles. The number of aliphatic hydroxyl groups excluding tert-OH is 1. The van der Waals surface area contributed by atoms with Gasteiger partial charge in [0.1, 0.15) is 20.1 Å². The molecule has 1 rings (SSSR count). The number of alkyl halides is 2. The number of aliphatic hydroxyl groups is 1. The predicted octanol–water partition coefficient (Wildman–Crippen LogP) is -0.522. The van der Waals surface area contributed by atoms with E-state index in [1.165, 1.54) is 0 Å². The highest BCUT2D eigenvalue weighted by molar-refractivity contribution is 14.1. The lowest BCUT2D eigenvalue weighted by Crippen LogP contribution is -2.29. The first-order chi connectivity index (χ1) is 4.66. The standard InChI is InChI=1S/C5H9BFIO2/c6-5-3(7)4(9)2(1-8)10-5/h2-5,9H,1,6H2/t2-,3+,4+,5-/m1/s1. The summed E-state index contributed by atoms with van der Waals surface area (Å²) in [5, 5.41) is 9.12. The zero-order valence-electron chi connectivity index (χ0n) is 5.63. The van der Waals surface area contributed by atoms with Crippen molar-refractivity contribution in [3.05, 3.63) is 0 Å². The molecule has 1 aliphatic heterocycles. The molecule has 0 spiro atoms. The lowest BCUT2D eigenvalue weighted by molar-refractivity contribution is 0.0480. The van der Waals surface area contributed by atoms with Gasteiger partial charge in [0.05, 0.1) is 12.1 Å². The van der Waals surface area contributed by atoms with Gasteiger partial charge in [-0.25, -0.2) is 4.39 Å². The second kappa shape index (κ2) is 3.36. The molecule has 0 aromatic carbocycles. The molecule has 0 saturated carbocycles. The maximum atomic E-state index is 12.8. The third-order valence-electron chi connectivity index (χ3n) is 1.70. The normalized spacial score (nSPS) is 47.9. The predicted molar refractivity (Wildman–Crippen MR) is 47.0 cm³/mol. The van der Waals surface area contributed by atoms with Gasteiger partial charge in [0, 0.05) is 4.43 Å². The first-order valence-electron chi connectivity index (χ1n) is 3.20. The summed E-state index contributed by atoms with van der Waals surface area (Å²) in [5.74, 6) is 0. The molecule has 58 valence electrons. The SMILES string of the molecule is B[C@@H]1O[C@H](CI)[C@H](O)[C@@H]1F. The fourth-order valence-electron chi connectivity index (χ4n) is 1.04. The zero-order valence-corrected chi connectivity index (χ0v) is 7.79. The van der Waals surface area contributed by atoms with E-state index in [4.69, 9.17) is 9.84 Å². The Bertz CT molecular complexity index is 126. The second-order valence-corrected chi connectivity index (χ2v) is 3.35. The Morgan fingerprint density at radius 3 is 2.50 bits per heavy atom. The maximum absolute atomic E-state index is 12.8. The van der Waals surface area contributed by atoms with Crippen LogP contribution in [-0.4, -0.2) is 41.8 Å². The maximum Gasteiger partial charge on any atom is 0.147 e. The van der Waals surface area contributed by atoms with Crippen molar-refractivity contribution in [2.45, 2.75) is 24.4 Å². The fourth-order valence-corrected chi connectivity index (χ4v) is 1.77. The van der Waals surface area contributed by atoms with Crippen LogP contribution in [0, 0.1) is 0 Å². The van der Waals surface area contributed by atoms with Crippen LogP contribution in [0.25, 0.3) is 0 Å². The molecule has 2 nitrogen and oxygen atoms in total. The van der Waals surface area contributed by atoms with E-state index in [0.717, 1.165) is 0 Å². The third-order valence-corrected chi connectivity index (χ3v) is 2.57. The van der Waals surface area contributed by atoms with Crippen molar-refractivity contribution in [3.8, 4) is 0 Å². The van der Waals surface area contributed by atoms with Crippen LogP contribution >= 0.6 is 22.6 Å². The quantitative estimate of drug-likeness (QED) is 0.389. The van der Waals surface area contributed by atoms with Crippen LogP contribution in [0.2, 0.25) is 0 Å². The number of hydrogen-bond acceptors (Lipinski definition) is 2. The van der Waals surface area contributed by atoms with Crippen molar-refractivity contribution < 1.29 is 14.2 Å². The molecule has 0 bridgehead atoms. The number of rotatable bonds is 1. The molecule has 1 saturated heterocycles. The summed E-state index contributed by atoms with van der Waals surface area (Å²) in [6, 6.07) is -0.449. The minimum atomic E-state index is -1.21. The minimum absolute atomic E-state index is 0.314. The topological polar surface area (TPSA) is 29.5 Å². The Morgan fingerprint density at radius 2 is 2.30 bits per heavy atom. The molecule has 5 heteroatoms. The molecule has 0 unspecified atom stereocenters. The molecule has 1 aliphatic rings. The molecule has 1 heterocycles. The Hall–Kier alpha value is 0.645. The third kappa shape index (κ3) is 1.45. The Labute approximate surface area is 73.7 Å². The van der Waals surface area contributed by atoms with E-state index in [0.29, 0.717) is 4.43 Å². The van der Waals surface area contributed by atoms with Crippen LogP contribution in [-0.2, 0) is 4.74 Å². The Morgan fingerprint density at radius 1 is 1.70 bits per heavy atom. The van der Waals surface area contributed by atoms with Gasteiger partial charge in [0.2, 0.25) is 0 Å². The molecule has 4 atom stereocenters. The van der Waals surface area contributed by atoms with Gasteiger partial charge in [-0.3, -0.25) is 0 Å². The number of hydrogen-bond donors (Lipinski definition) is 1. The molecular weight excluding hydrogens is 249 g/mol. The molecule has 1 N–H and O–H groups in total. The average Bonchev–Trinajstić information content (AvgIpc) is 2.17. The van der Waals surface area contributed by atoms with E-state index in [-0.39, 0.29) is 6.10 Å². The first-order valence-corrected chi connectivity index (χ1v) is 4.73.